The van der Waals surface area contributed by atoms with E-state index in [4.69, 9.17) is 9.47 Å². The first-order valence-electron chi connectivity index (χ1n) is 13.3. The summed E-state index contributed by atoms with van der Waals surface area (Å²) in [6.45, 7) is 3.63. The number of rotatable bonds is 2. The molecule has 5 fully saturated rings. The minimum absolute atomic E-state index is 0.00460. The number of carbonyl (C=O) groups is 2. The van der Waals surface area contributed by atoms with Crippen LogP contribution in [0.25, 0.3) is 0 Å². The molecule has 6 nitrogen and oxygen atoms in total. The fourth-order valence-corrected chi connectivity index (χ4v) is 8.71. The standard InChI is InChI=1S/C22H28O6.C6H12/c1-20-6-5-13(24)7-12(20)3-4-14-15-8-18-22(17(26)10-23,28-11-27-18)21(15,2)9-16(25)19(14)20;1-2-4-6-5-3-1/h5-7,14-16,18-19,23,25H,3-4,8-11H2,1-2H3;1-6H2. The van der Waals surface area contributed by atoms with Crippen molar-refractivity contribution in [3.8, 4) is 0 Å². The lowest BCUT2D eigenvalue weighted by Crippen LogP contribution is -2.63. The molecule has 1 heterocycles. The number of aliphatic hydroxyl groups is 2. The summed E-state index contributed by atoms with van der Waals surface area (Å²) >= 11 is 0. The van der Waals surface area contributed by atoms with Gasteiger partial charge in [0.25, 0.3) is 0 Å². The smallest absolute Gasteiger partial charge is 0.193 e. The van der Waals surface area contributed by atoms with E-state index in [0.717, 1.165) is 18.4 Å². The number of hydrogen-bond donors (Lipinski definition) is 2. The minimum Gasteiger partial charge on any atom is -0.393 e. The molecule has 0 radical (unpaired) electrons. The SMILES string of the molecule is C1CCCCC1.CC12C=CC(=O)C=C1CCC1C2C(O)CC2(C)C1CC1OCOC12C(=O)CO. The van der Waals surface area contributed by atoms with E-state index >= 15 is 0 Å². The second-order valence-corrected chi connectivity index (χ2v) is 11.8. The van der Waals surface area contributed by atoms with Crippen LogP contribution in [-0.4, -0.2) is 53.0 Å². The van der Waals surface area contributed by atoms with Crippen molar-refractivity contribution in [1.29, 1.82) is 0 Å². The maximum absolute atomic E-state index is 12.9. The van der Waals surface area contributed by atoms with Crippen LogP contribution in [0.1, 0.15) is 78.1 Å². The highest BCUT2D eigenvalue weighted by Crippen LogP contribution is 2.69. The van der Waals surface area contributed by atoms with Crippen LogP contribution in [0.15, 0.2) is 23.8 Å². The van der Waals surface area contributed by atoms with Gasteiger partial charge < -0.3 is 19.7 Å². The van der Waals surface area contributed by atoms with Gasteiger partial charge in [-0.1, -0.05) is 64.0 Å². The lowest BCUT2D eigenvalue weighted by Gasteiger charge is -2.59. The minimum atomic E-state index is -1.17. The van der Waals surface area contributed by atoms with Gasteiger partial charge >= 0.3 is 0 Å². The topological polar surface area (TPSA) is 93.1 Å². The normalized spacial score (nSPS) is 46.9. The molecule has 0 aromatic heterocycles. The molecule has 4 saturated carbocycles. The van der Waals surface area contributed by atoms with Crippen molar-refractivity contribution >= 4 is 11.6 Å². The molecule has 34 heavy (non-hydrogen) atoms. The van der Waals surface area contributed by atoms with Crippen LogP contribution in [0.3, 0.4) is 0 Å². The van der Waals surface area contributed by atoms with Crippen molar-refractivity contribution in [1.82, 2.24) is 0 Å². The maximum Gasteiger partial charge on any atom is 0.193 e. The second-order valence-electron chi connectivity index (χ2n) is 11.8. The molecule has 6 rings (SSSR count). The molecule has 8 unspecified atom stereocenters. The highest BCUT2D eigenvalue weighted by atomic mass is 16.7. The highest BCUT2D eigenvalue weighted by Gasteiger charge is 2.74. The van der Waals surface area contributed by atoms with E-state index in [0.29, 0.717) is 12.8 Å². The number of aliphatic hydroxyl groups excluding tert-OH is 2. The summed E-state index contributed by atoms with van der Waals surface area (Å²) < 4.78 is 11.8. The van der Waals surface area contributed by atoms with Crippen LogP contribution in [0, 0.1) is 28.6 Å². The Kier molecular flexibility index (Phi) is 6.41. The molecule has 188 valence electrons. The third kappa shape index (κ3) is 3.43. The van der Waals surface area contributed by atoms with Crippen molar-refractivity contribution in [2.45, 2.75) is 95.9 Å². The number of ether oxygens (including phenoxy) is 2. The summed E-state index contributed by atoms with van der Waals surface area (Å²) in [4.78, 5) is 24.8. The molecule has 2 N–H and O–H groups in total. The first-order chi connectivity index (χ1) is 16.3. The monoisotopic (exact) mass is 472 g/mol. The van der Waals surface area contributed by atoms with Gasteiger partial charge in [0.1, 0.15) is 13.4 Å². The van der Waals surface area contributed by atoms with Gasteiger partial charge in [-0.05, 0) is 49.7 Å². The lowest BCUT2D eigenvalue weighted by atomic mass is 9.46. The zero-order chi connectivity index (χ0) is 24.1. The quantitative estimate of drug-likeness (QED) is 0.633. The largest absolute Gasteiger partial charge is 0.393 e. The van der Waals surface area contributed by atoms with Crippen LogP contribution in [0.5, 0.6) is 0 Å². The van der Waals surface area contributed by atoms with Crippen LogP contribution in [0.4, 0.5) is 0 Å². The molecule has 8 atom stereocenters. The summed E-state index contributed by atoms with van der Waals surface area (Å²) in [6, 6.07) is 0. The van der Waals surface area contributed by atoms with Crippen LogP contribution in [-0.2, 0) is 19.1 Å². The van der Waals surface area contributed by atoms with Crippen LogP contribution < -0.4 is 0 Å². The summed E-state index contributed by atoms with van der Waals surface area (Å²) in [5.41, 5.74) is -0.991. The zero-order valence-corrected chi connectivity index (χ0v) is 20.6. The van der Waals surface area contributed by atoms with Crippen LogP contribution in [0.2, 0.25) is 0 Å². The number of allylic oxidation sites excluding steroid dienone is 4. The Balaban J connectivity index is 0.000000351. The average molecular weight is 473 g/mol. The van der Waals surface area contributed by atoms with E-state index in [2.05, 4.69) is 6.92 Å². The van der Waals surface area contributed by atoms with Gasteiger partial charge in [-0.25, -0.2) is 0 Å². The van der Waals surface area contributed by atoms with Gasteiger partial charge in [-0.15, -0.1) is 0 Å². The number of Topliss-reactive ketones (excluding diaryl/α,β-unsaturated/α-hetero) is 1. The third-order valence-electron chi connectivity index (χ3n) is 10.3. The van der Waals surface area contributed by atoms with Crippen molar-refractivity contribution < 1.29 is 29.3 Å². The summed E-state index contributed by atoms with van der Waals surface area (Å²) in [5.74, 6) is 0.0400. The molecule has 5 aliphatic carbocycles. The van der Waals surface area contributed by atoms with Gasteiger partial charge in [0.2, 0.25) is 0 Å². The predicted octanol–water partition coefficient (Wildman–Crippen LogP) is 3.89. The fourth-order valence-electron chi connectivity index (χ4n) is 8.71. The molecule has 0 aromatic carbocycles. The zero-order valence-electron chi connectivity index (χ0n) is 20.6. The van der Waals surface area contributed by atoms with Crippen molar-refractivity contribution in [2.24, 2.45) is 28.6 Å². The average Bonchev–Trinajstić information content (AvgIpc) is 3.37. The molecule has 1 aliphatic heterocycles. The van der Waals surface area contributed by atoms with E-state index in [1.54, 1.807) is 12.2 Å². The van der Waals surface area contributed by atoms with Gasteiger partial charge in [0.15, 0.2) is 17.2 Å². The number of hydrogen-bond acceptors (Lipinski definition) is 6. The predicted molar refractivity (Wildman–Crippen MR) is 127 cm³/mol. The van der Waals surface area contributed by atoms with E-state index in [9.17, 15) is 19.8 Å². The fraction of sp³-hybridized carbons (Fsp3) is 0.786. The number of fused-ring (bicyclic) bond motifs is 7. The van der Waals surface area contributed by atoms with E-state index < -0.39 is 23.7 Å². The van der Waals surface area contributed by atoms with Crippen molar-refractivity contribution in [3.05, 3.63) is 23.8 Å². The Morgan fingerprint density at radius 2 is 1.82 bits per heavy atom. The van der Waals surface area contributed by atoms with Gasteiger partial charge in [0.05, 0.1) is 12.2 Å². The van der Waals surface area contributed by atoms with Crippen molar-refractivity contribution in [2.75, 3.05) is 13.4 Å². The van der Waals surface area contributed by atoms with E-state index in [-0.39, 0.29) is 47.6 Å². The van der Waals surface area contributed by atoms with E-state index in [1.165, 1.54) is 38.5 Å². The first kappa shape index (κ1) is 24.4. The summed E-state index contributed by atoms with van der Waals surface area (Å²) in [5, 5.41) is 21.0. The van der Waals surface area contributed by atoms with Crippen molar-refractivity contribution in [3.63, 3.8) is 0 Å². The molecule has 6 aliphatic rings. The molecular formula is C28H40O6. The Bertz CT molecular complexity index is 878. The number of ketones is 2. The van der Waals surface area contributed by atoms with Gasteiger partial charge in [0, 0.05) is 16.7 Å². The first-order valence-corrected chi connectivity index (χ1v) is 13.3. The molecule has 0 aromatic rings. The molecular weight excluding hydrogens is 432 g/mol. The molecule has 1 saturated heterocycles. The maximum atomic E-state index is 12.9. The van der Waals surface area contributed by atoms with Crippen LogP contribution >= 0.6 is 0 Å². The Morgan fingerprint density at radius 1 is 1.15 bits per heavy atom. The Labute approximate surface area is 202 Å². The Morgan fingerprint density at radius 3 is 2.47 bits per heavy atom. The molecule has 0 spiro atoms. The van der Waals surface area contributed by atoms with Gasteiger partial charge in [-0.2, -0.15) is 0 Å². The summed E-state index contributed by atoms with van der Waals surface area (Å²) in [6.07, 6.45) is 16.2. The molecule has 6 heteroatoms. The number of carbonyl (C=O) groups excluding carboxylic acids is 2. The Hall–Kier alpha value is -1.34. The lowest BCUT2D eigenvalue weighted by molar-refractivity contribution is -0.185. The van der Waals surface area contributed by atoms with Gasteiger partial charge in [-0.3, -0.25) is 9.59 Å². The second kappa shape index (κ2) is 8.95. The molecule has 0 bridgehead atoms. The summed E-state index contributed by atoms with van der Waals surface area (Å²) in [7, 11) is 0. The highest BCUT2D eigenvalue weighted by molar-refractivity contribution is 6.01. The van der Waals surface area contributed by atoms with E-state index in [1.807, 2.05) is 13.0 Å². The molecule has 0 amide bonds. The third-order valence-corrected chi connectivity index (χ3v) is 10.3.